The zero-order valence-electron chi connectivity index (χ0n) is 8.20. The Morgan fingerprint density at radius 3 is 1.71 bits per heavy atom. The highest BCUT2D eigenvalue weighted by Gasteiger charge is 2.12. The Balaban J connectivity index is 2.15. The van der Waals surface area contributed by atoms with E-state index >= 15 is 0 Å². The third kappa shape index (κ3) is 1.92. The summed E-state index contributed by atoms with van der Waals surface area (Å²) in [6.07, 6.45) is 16.2. The summed E-state index contributed by atoms with van der Waals surface area (Å²) in [5.74, 6) is 0.178. The van der Waals surface area contributed by atoms with E-state index in [1.54, 1.807) is 0 Å². The molecule has 0 aromatic heterocycles. The number of carbonyl (C=O) groups excluding carboxylic acids is 1. The smallest absolute Gasteiger partial charge is 0.192 e. The van der Waals surface area contributed by atoms with Gasteiger partial charge in [0.25, 0.3) is 0 Å². The molecule has 2 rings (SSSR count). The van der Waals surface area contributed by atoms with Gasteiger partial charge in [-0.2, -0.15) is 0 Å². The van der Waals surface area contributed by atoms with Gasteiger partial charge in [-0.15, -0.1) is 0 Å². The van der Waals surface area contributed by atoms with Crippen LogP contribution >= 0.6 is 0 Å². The van der Waals surface area contributed by atoms with Crippen molar-refractivity contribution in [2.75, 3.05) is 0 Å². The van der Waals surface area contributed by atoms with Gasteiger partial charge >= 0.3 is 0 Å². The fourth-order valence-corrected chi connectivity index (χ4v) is 1.73. The summed E-state index contributed by atoms with van der Waals surface area (Å²) < 4.78 is 0. The second kappa shape index (κ2) is 4.23. The van der Waals surface area contributed by atoms with Crippen LogP contribution in [0.3, 0.4) is 0 Å². The van der Waals surface area contributed by atoms with Crippen LogP contribution in [0.5, 0.6) is 0 Å². The van der Waals surface area contributed by atoms with E-state index in [-0.39, 0.29) is 5.78 Å². The predicted molar refractivity (Wildman–Crippen MR) is 57.9 cm³/mol. The monoisotopic (exact) mass is 186 g/mol. The number of ketones is 1. The van der Waals surface area contributed by atoms with Crippen LogP contribution in [0, 0.1) is 0 Å². The van der Waals surface area contributed by atoms with Crippen LogP contribution in [-0.2, 0) is 4.79 Å². The number of hydrogen-bond donors (Lipinski definition) is 0. The van der Waals surface area contributed by atoms with Gasteiger partial charge in [-0.05, 0) is 25.7 Å². The fourth-order valence-electron chi connectivity index (χ4n) is 1.73. The molecule has 0 amide bonds. The van der Waals surface area contributed by atoms with Gasteiger partial charge in [0.2, 0.25) is 0 Å². The van der Waals surface area contributed by atoms with Crippen molar-refractivity contribution in [2.24, 2.45) is 0 Å². The van der Waals surface area contributed by atoms with Gasteiger partial charge in [0.05, 0.1) is 0 Å². The van der Waals surface area contributed by atoms with Crippen molar-refractivity contribution in [3.8, 4) is 0 Å². The van der Waals surface area contributed by atoms with Crippen molar-refractivity contribution in [3.63, 3.8) is 0 Å². The van der Waals surface area contributed by atoms with Gasteiger partial charge in [0.1, 0.15) is 0 Å². The SMILES string of the molecule is O=C(C1=CCCC=C1)C1=CCCC=C1. The molecular weight excluding hydrogens is 172 g/mol. The molecule has 0 spiro atoms. The molecule has 72 valence electrons. The molecule has 2 aliphatic carbocycles. The van der Waals surface area contributed by atoms with E-state index in [1.807, 2.05) is 24.3 Å². The van der Waals surface area contributed by atoms with Crippen LogP contribution in [-0.4, -0.2) is 5.78 Å². The van der Waals surface area contributed by atoms with Gasteiger partial charge in [-0.25, -0.2) is 0 Å². The lowest BCUT2D eigenvalue weighted by molar-refractivity contribution is -0.111. The third-order valence-electron chi connectivity index (χ3n) is 2.51. The Labute approximate surface area is 84.5 Å². The van der Waals surface area contributed by atoms with Crippen molar-refractivity contribution >= 4 is 5.78 Å². The molecule has 0 radical (unpaired) electrons. The van der Waals surface area contributed by atoms with Gasteiger partial charge in [-0.3, -0.25) is 4.79 Å². The van der Waals surface area contributed by atoms with Crippen LogP contribution in [0.2, 0.25) is 0 Å². The molecular formula is C13H14O. The average Bonchev–Trinajstić information content (AvgIpc) is 2.30. The van der Waals surface area contributed by atoms with Crippen molar-refractivity contribution in [2.45, 2.75) is 25.7 Å². The van der Waals surface area contributed by atoms with E-state index in [1.165, 1.54) is 0 Å². The quantitative estimate of drug-likeness (QED) is 0.647. The summed E-state index contributed by atoms with van der Waals surface area (Å²) >= 11 is 0. The predicted octanol–water partition coefficient (Wildman–Crippen LogP) is 3.11. The highest BCUT2D eigenvalue weighted by atomic mass is 16.1. The van der Waals surface area contributed by atoms with Crippen LogP contribution in [0.15, 0.2) is 47.6 Å². The summed E-state index contributed by atoms with van der Waals surface area (Å²) in [5, 5.41) is 0. The zero-order chi connectivity index (χ0) is 9.80. The summed E-state index contributed by atoms with van der Waals surface area (Å²) in [6.45, 7) is 0. The van der Waals surface area contributed by atoms with Gasteiger partial charge in [0.15, 0.2) is 5.78 Å². The molecule has 0 aliphatic heterocycles. The maximum absolute atomic E-state index is 11.9. The Kier molecular flexibility index (Phi) is 2.78. The number of carbonyl (C=O) groups is 1. The first-order valence-electron chi connectivity index (χ1n) is 5.16. The van der Waals surface area contributed by atoms with Crippen molar-refractivity contribution < 1.29 is 4.79 Å². The lowest BCUT2D eigenvalue weighted by Gasteiger charge is -2.08. The second-order valence-corrected chi connectivity index (χ2v) is 3.61. The van der Waals surface area contributed by atoms with Gasteiger partial charge in [0, 0.05) is 11.1 Å². The molecule has 1 nitrogen and oxygen atoms in total. The molecule has 2 aliphatic rings. The average molecular weight is 186 g/mol. The maximum Gasteiger partial charge on any atom is 0.192 e. The van der Waals surface area contributed by atoms with Crippen LogP contribution in [0.25, 0.3) is 0 Å². The molecule has 0 saturated heterocycles. The Hall–Kier alpha value is -1.37. The minimum Gasteiger partial charge on any atom is -0.289 e. The molecule has 0 bridgehead atoms. The van der Waals surface area contributed by atoms with E-state index in [2.05, 4.69) is 12.2 Å². The van der Waals surface area contributed by atoms with Gasteiger partial charge in [-0.1, -0.05) is 36.5 Å². The largest absolute Gasteiger partial charge is 0.289 e. The highest BCUT2D eigenvalue weighted by molar-refractivity contribution is 6.12. The minimum atomic E-state index is 0.178. The molecule has 0 saturated carbocycles. The van der Waals surface area contributed by atoms with Crippen molar-refractivity contribution in [1.29, 1.82) is 0 Å². The first kappa shape index (κ1) is 9.20. The first-order chi connectivity index (χ1) is 6.88. The van der Waals surface area contributed by atoms with Crippen molar-refractivity contribution in [3.05, 3.63) is 47.6 Å². The summed E-state index contributed by atoms with van der Waals surface area (Å²) in [7, 11) is 0. The van der Waals surface area contributed by atoms with Crippen molar-refractivity contribution in [1.82, 2.24) is 0 Å². The molecule has 0 atom stereocenters. The second-order valence-electron chi connectivity index (χ2n) is 3.61. The summed E-state index contributed by atoms with van der Waals surface area (Å²) in [5.41, 5.74) is 1.71. The first-order valence-corrected chi connectivity index (χ1v) is 5.16. The minimum absolute atomic E-state index is 0.178. The number of Topliss-reactive ketones (excluding diaryl/α,β-unsaturated/α-hetero) is 1. The maximum atomic E-state index is 11.9. The zero-order valence-corrected chi connectivity index (χ0v) is 8.20. The molecule has 0 N–H and O–H groups in total. The summed E-state index contributed by atoms with van der Waals surface area (Å²) in [6, 6.07) is 0. The number of allylic oxidation sites excluding steroid dienone is 8. The van der Waals surface area contributed by atoms with E-state index in [0.29, 0.717) is 0 Å². The van der Waals surface area contributed by atoms with Crippen LogP contribution in [0.1, 0.15) is 25.7 Å². The van der Waals surface area contributed by atoms with Crippen LogP contribution in [0.4, 0.5) is 0 Å². The van der Waals surface area contributed by atoms with Gasteiger partial charge < -0.3 is 0 Å². The Morgan fingerprint density at radius 1 is 0.857 bits per heavy atom. The lowest BCUT2D eigenvalue weighted by Crippen LogP contribution is -2.06. The summed E-state index contributed by atoms with van der Waals surface area (Å²) in [4.78, 5) is 11.9. The molecule has 1 heteroatoms. The number of rotatable bonds is 2. The van der Waals surface area contributed by atoms with E-state index < -0.39 is 0 Å². The molecule has 0 fully saturated rings. The van der Waals surface area contributed by atoms with E-state index in [4.69, 9.17) is 0 Å². The molecule has 0 aromatic carbocycles. The van der Waals surface area contributed by atoms with E-state index in [9.17, 15) is 4.79 Å². The number of hydrogen-bond acceptors (Lipinski definition) is 1. The molecule has 0 aromatic rings. The molecule has 14 heavy (non-hydrogen) atoms. The molecule has 0 unspecified atom stereocenters. The highest BCUT2D eigenvalue weighted by Crippen LogP contribution is 2.18. The fraction of sp³-hybridized carbons (Fsp3) is 0.308. The Morgan fingerprint density at radius 2 is 1.36 bits per heavy atom. The Bertz CT molecular complexity index is 319. The standard InChI is InChI=1S/C13H14O/c14-13(11-7-3-1-4-8-11)12-9-5-2-6-10-12/h3,5,7-10H,1-2,4,6H2. The van der Waals surface area contributed by atoms with E-state index in [0.717, 1.165) is 36.8 Å². The lowest BCUT2D eigenvalue weighted by atomic mass is 9.95. The normalized spacial score (nSPS) is 20.3. The van der Waals surface area contributed by atoms with Crippen LogP contribution < -0.4 is 0 Å². The molecule has 0 heterocycles. The topological polar surface area (TPSA) is 17.1 Å². The third-order valence-corrected chi connectivity index (χ3v) is 2.51.